The molecular weight excluding hydrogens is 273 g/mol. The fourth-order valence-electron chi connectivity index (χ4n) is 3.05. The molecule has 1 heterocycles. The van der Waals surface area contributed by atoms with E-state index in [0.717, 1.165) is 0 Å². The lowest BCUT2D eigenvalue weighted by Crippen LogP contribution is -2.21. The molecule has 0 spiro atoms. The van der Waals surface area contributed by atoms with E-state index in [1.807, 2.05) is 0 Å². The monoisotopic (exact) mass is 289 g/mol. The number of aromatic nitrogens is 1. The number of pyridine rings is 1. The second kappa shape index (κ2) is 5.31. The van der Waals surface area contributed by atoms with Gasteiger partial charge in [0, 0.05) is 11.3 Å². The molecule has 1 fully saturated rings. The Hall–Kier alpha value is -2.17. The zero-order valence-corrected chi connectivity index (χ0v) is 11.4. The summed E-state index contributed by atoms with van der Waals surface area (Å²) in [5.41, 5.74) is 1.06. The first-order valence-electron chi connectivity index (χ1n) is 7.06. The predicted molar refractivity (Wildman–Crippen MR) is 75.7 cm³/mol. The number of carbonyl (C=O) groups is 1. The first kappa shape index (κ1) is 13.8. The number of nitrogens with zero attached hydrogens (tertiary/aromatic N) is 1. The van der Waals surface area contributed by atoms with Crippen molar-refractivity contribution in [1.82, 2.24) is 4.98 Å². The van der Waals surface area contributed by atoms with Gasteiger partial charge in [-0.25, -0.2) is 9.37 Å². The van der Waals surface area contributed by atoms with Crippen molar-refractivity contribution < 1.29 is 19.4 Å². The van der Waals surface area contributed by atoms with Crippen molar-refractivity contribution in [3.63, 3.8) is 0 Å². The van der Waals surface area contributed by atoms with Crippen LogP contribution in [0, 0.1) is 11.7 Å². The first-order valence-corrected chi connectivity index (χ1v) is 7.06. The highest BCUT2D eigenvalue weighted by Gasteiger charge is 2.29. The van der Waals surface area contributed by atoms with Gasteiger partial charge >= 0.3 is 5.97 Å². The summed E-state index contributed by atoms with van der Waals surface area (Å²) in [7, 11) is 0. The maximum absolute atomic E-state index is 14.2. The van der Waals surface area contributed by atoms with Crippen molar-refractivity contribution >= 4 is 16.9 Å². The zero-order valence-electron chi connectivity index (χ0n) is 11.4. The van der Waals surface area contributed by atoms with Gasteiger partial charge < -0.3 is 10.2 Å². The highest BCUT2D eigenvalue weighted by molar-refractivity contribution is 5.80. The van der Waals surface area contributed by atoms with Crippen molar-refractivity contribution in [2.75, 3.05) is 0 Å². The molecule has 5 heteroatoms. The van der Waals surface area contributed by atoms with Crippen molar-refractivity contribution in [1.29, 1.82) is 0 Å². The maximum atomic E-state index is 14.2. The maximum Gasteiger partial charge on any atom is 0.306 e. The molecule has 1 aliphatic rings. The van der Waals surface area contributed by atoms with Crippen LogP contribution in [0.1, 0.15) is 37.3 Å². The van der Waals surface area contributed by atoms with Crippen LogP contribution >= 0.6 is 0 Å². The van der Waals surface area contributed by atoms with Gasteiger partial charge in [0.25, 0.3) is 0 Å². The minimum absolute atomic E-state index is 0.0289. The van der Waals surface area contributed by atoms with Crippen LogP contribution in [-0.4, -0.2) is 21.2 Å². The van der Waals surface area contributed by atoms with E-state index in [4.69, 9.17) is 5.11 Å². The Morgan fingerprint density at radius 1 is 1.19 bits per heavy atom. The normalized spacial score (nSPS) is 22.3. The second-order valence-corrected chi connectivity index (χ2v) is 5.62. The smallest absolute Gasteiger partial charge is 0.306 e. The van der Waals surface area contributed by atoms with Crippen LogP contribution < -0.4 is 0 Å². The third-order valence-corrected chi connectivity index (χ3v) is 4.24. The Morgan fingerprint density at radius 3 is 2.57 bits per heavy atom. The van der Waals surface area contributed by atoms with Gasteiger partial charge in [0.05, 0.1) is 17.1 Å². The van der Waals surface area contributed by atoms with Gasteiger partial charge in [0.2, 0.25) is 0 Å². The van der Waals surface area contributed by atoms with E-state index >= 15 is 0 Å². The average Bonchev–Trinajstić information content (AvgIpc) is 2.46. The molecule has 0 amide bonds. The Kier molecular flexibility index (Phi) is 3.49. The summed E-state index contributed by atoms with van der Waals surface area (Å²) < 4.78 is 14.2. The van der Waals surface area contributed by atoms with Crippen molar-refractivity contribution in [2.24, 2.45) is 5.92 Å². The largest absolute Gasteiger partial charge is 0.508 e. The summed E-state index contributed by atoms with van der Waals surface area (Å²) in [6, 6.07) is 6.06. The Balaban J connectivity index is 1.89. The van der Waals surface area contributed by atoms with E-state index in [-0.39, 0.29) is 23.4 Å². The molecular formula is C16H16FNO3. The number of carboxylic acids is 1. The fraction of sp³-hybridized carbons (Fsp3) is 0.375. The molecule has 110 valence electrons. The van der Waals surface area contributed by atoms with Gasteiger partial charge in [-0.1, -0.05) is 0 Å². The number of halogens is 1. The fourth-order valence-corrected chi connectivity index (χ4v) is 3.05. The first-order chi connectivity index (χ1) is 10.0. The minimum atomic E-state index is -0.768. The summed E-state index contributed by atoms with van der Waals surface area (Å²) in [6.45, 7) is 0. The number of hydrogen-bond donors (Lipinski definition) is 2. The predicted octanol–water partition coefficient (Wildman–Crippen LogP) is 3.44. The van der Waals surface area contributed by atoms with E-state index < -0.39 is 5.97 Å². The molecule has 0 unspecified atom stereocenters. The molecule has 2 aromatic rings. The van der Waals surface area contributed by atoms with Gasteiger partial charge in [0.15, 0.2) is 0 Å². The van der Waals surface area contributed by atoms with E-state index in [9.17, 15) is 14.3 Å². The minimum Gasteiger partial charge on any atom is -0.508 e. The molecule has 21 heavy (non-hydrogen) atoms. The number of benzene rings is 1. The molecule has 0 atom stereocenters. The van der Waals surface area contributed by atoms with Crippen LogP contribution in [0.15, 0.2) is 24.3 Å². The van der Waals surface area contributed by atoms with Gasteiger partial charge in [-0.3, -0.25) is 4.79 Å². The highest BCUT2D eigenvalue weighted by Crippen LogP contribution is 2.37. The topological polar surface area (TPSA) is 70.4 Å². The molecule has 1 aromatic heterocycles. The van der Waals surface area contributed by atoms with E-state index in [0.29, 0.717) is 42.3 Å². The lowest BCUT2D eigenvalue weighted by atomic mass is 9.80. The zero-order chi connectivity index (χ0) is 15.0. The van der Waals surface area contributed by atoms with E-state index in [1.54, 1.807) is 6.07 Å². The molecule has 1 aromatic carbocycles. The number of rotatable bonds is 2. The van der Waals surface area contributed by atoms with Gasteiger partial charge in [-0.2, -0.15) is 0 Å². The van der Waals surface area contributed by atoms with Crippen molar-refractivity contribution in [3.05, 3.63) is 35.8 Å². The summed E-state index contributed by atoms with van der Waals surface area (Å²) in [4.78, 5) is 15.3. The summed E-state index contributed by atoms with van der Waals surface area (Å²) >= 11 is 0. The van der Waals surface area contributed by atoms with Crippen molar-refractivity contribution in [3.8, 4) is 5.75 Å². The molecule has 0 bridgehead atoms. The average molecular weight is 289 g/mol. The third kappa shape index (κ3) is 2.68. The molecule has 1 aliphatic carbocycles. The second-order valence-electron chi connectivity index (χ2n) is 5.62. The molecule has 3 rings (SSSR count). The molecule has 4 nitrogen and oxygen atoms in total. The third-order valence-electron chi connectivity index (χ3n) is 4.24. The van der Waals surface area contributed by atoms with E-state index in [1.165, 1.54) is 18.2 Å². The van der Waals surface area contributed by atoms with Crippen LogP contribution in [0.4, 0.5) is 4.39 Å². The van der Waals surface area contributed by atoms with E-state index in [2.05, 4.69) is 4.98 Å². The van der Waals surface area contributed by atoms with Crippen LogP contribution in [0.3, 0.4) is 0 Å². The number of phenolic OH excluding ortho intramolecular Hbond substituents is 1. The molecule has 1 saturated carbocycles. The van der Waals surface area contributed by atoms with Gasteiger partial charge in [-0.05, 0) is 49.9 Å². The highest BCUT2D eigenvalue weighted by atomic mass is 19.1. The number of aliphatic carboxylic acids is 1. The Labute approximate surface area is 121 Å². The SMILES string of the molecule is O=C(O)[C@H]1CC[C@@H](c2nc3ccc(O)cc3cc2F)CC1. The summed E-state index contributed by atoms with van der Waals surface area (Å²) in [5, 5.41) is 19.0. The van der Waals surface area contributed by atoms with Crippen LogP contribution in [0.2, 0.25) is 0 Å². The molecule has 0 saturated heterocycles. The molecule has 0 radical (unpaired) electrons. The van der Waals surface area contributed by atoms with Crippen LogP contribution in [-0.2, 0) is 4.79 Å². The molecule has 0 aliphatic heterocycles. The summed E-state index contributed by atoms with van der Waals surface area (Å²) in [6.07, 6.45) is 2.42. The Bertz CT molecular complexity index is 693. The van der Waals surface area contributed by atoms with Crippen molar-refractivity contribution in [2.45, 2.75) is 31.6 Å². The summed E-state index contributed by atoms with van der Waals surface area (Å²) in [5.74, 6) is -1.42. The number of carboxylic acid groups (broad SMARTS) is 1. The number of hydrogen-bond acceptors (Lipinski definition) is 3. The number of fused-ring (bicyclic) bond motifs is 1. The number of aromatic hydroxyl groups is 1. The lowest BCUT2D eigenvalue weighted by Gasteiger charge is -2.26. The Morgan fingerprint density at radius 2 is 1.90 bits per heavy atom. The van der Waals surface area contributed by atoms with Gasteiger partial charge in [-0.15, -0.1) is 0 Å². The van der Waals surface area contributed by atoms with Gasteiger partial charge in [0.1, 0.15) is 11.6 Å². The molecule has 2 N–H and O–H groups in total. The quantitative estimate of drug-likeness (QED) is 0.888. The van der Waals surface area contributed by atoms with Crippen LogP contribution in [0.25, 0.3) is 10.9 Å². The van der Waals surface area contributed by atoms with Crippen LogP contribution in [0.5, 0.6) is 5.75 Å². The standard InChI is InChI=1S/C16H16FNO3/c17-13-8-11-7-12(19)5-6-14(11)18-15(13)9-1-3-10(4-2-9)16(20)21/h5-10,19H,1-4H2,(H,20,21)/t9-,10+. The lowest BCUT2D eigenvalue weighted by molar-refractivity contribution is -0.142. The number of phenols is 1.